The number of hydrogen-bond acceptors (Lipinski definition) is 13. The minimum absolute atomic E-state index is 0.108. The molecule has 0 amide bonds. The van der Waals surface area contributed by atoms with Crippen LogP contribution >= 0.6 is 23.5 Å². The second kappa shape index (κ2) is 17.9. The number of H-pyrrole nitrogens is 1. The summed E-state index contributed by atoms with van der Waals surface area (Å²) in [6.45, 7) is 7.57. The van der Waals surface area contributed by atoms with E-state index in [0.29, 0.717) is 28.3 Å². The van der Waals surface area contributed by atoms with Crippen molar-refractivity contribution in [2.45, 2.75) is 27.6 Å². The lowest BCUT2D eigenvalue weighted by Crippen LogP contribution is -2.48. The number of hydrogen-bond donors (Lipinski definition) is 3. The van der Waals surface area contributed by atoms with Crippen LogP contribution in [0.5, 0.6) is 5.75 Å². The molecule has 0 unspecified atom stereocenters. The van der Waals surface area contributed by atoms with Gasteiger partial charge in [0.15, 0.2) is 22.6 Å². The lowest BCUT2D eigenvalue weighted by atomic mass is 10.2. The van der Waals surface area contributed by atoms with Gasteiger partial charge in [-0.3, -0.25) is 20.1 Å². The fourth-order valence-corrected chi connectivity index (χ4v) is 6.31. The average molecular weight is 681 g/mol. The predicted octanol–water partition coefficient (Wildman–Crippen LogP) is 5.13. The molecule has 0 spiro atoms. The first-order chi connectivity index (χ1) is 22.7. The minimum atomic E-state index is -0.365. The van der Waals surface area contributed by atoms with E-state index in [9.17, 15) is 10.1 Å². The normalized spacial score (nSPS) is 13.3. The highest BCUT2D eigenvalue weighted by Gasteiger charge is 2.25. The highest BCUT2D eigenvalue weighted by molar-refractivity contribution is 7.99. The number of thioether (sulfide) groups is 1. The van der Waals surface area contributed by atoms with Crippen LogP contribution in [0.3, 0.4) is 0 Å². The van der Waals surface area contributed by atoms with Gasteiger partial charge < -0.3 is 25.2 Å². The van der Waals surface area contributed by atoms with Crippen LogP contribution in [0.25, 0.3) is 0 Å². The molecule has 3 N–H and O–H groups in total. The van der Waals surface area contributed by atoms with Gasteiger partial charge in [-0.1, -0.05) is 12.1 Å². The first-order valence-corrected chi connectivity index (χ1v) is 17.1. The largest absolute Gasteiger partial charge is 0.490 e. The standard InChI is InChI=1S/C30H37N9O3S2.C2H7N/c1-21-18-26(35-34-21)31-28-27(42-4)29(38-16-14-37(15-17-38)13-12-36(2)3)33-30(32-28)44-25-10-8-24(9-11-25)43-20-22-6-5-7-23(19-22)39(40)41;1-3-2/h5-11,18-19H,12-17,20H2,1-4H3,(H2,31,32,33,34,35);3H,1-2H3. The first kappa shape index (κ1) is 36.0. The third kappa shape index (κ3) is 10.8. The number of piperazine rings is 1. The van der Waals surface area contributed by atoms with Gasteiger partial charge in [0, 0.05) is 78.7 Å². The smallest absolute Gasteiger partial charge is 0.269 e. The van der Waals surface area contributed by atoms with E-state index >= 15 is 0 Å². The maximum atomic E-state index is 11.1. The van der Waals surface area contributed by atoms with Crippen LogP contribution in [0.2, 0.25) is 0 Å². The maximum absolute atomic E-state index is 11.1. The van der Waals surface area contributed by atoms with Gasteiger partial charge in [-0.05, 0) is 76.7 Å². The highest BCUT2D eigenvalue weighted by atomic mass is 32.2. The number of aromatic amines is 1. The minimum Gasteiger partial charge on any atom is -0.490 e. The number of rotatable bonds is 13. The van der Waals surface area contributed by atoms with Crippen molar-refractivity contribution in [3.63, 3.8) is 0 Å². The Bertz CT molecular complexity index is 1580. The predicted molar refractivity (Wildman–Crippen MR) is 191 cm³/mol. The van der Waals surface area contributed by atoms with Crippen molar-refractivity contribution in [3.05, 3.63) is 76.0 Å². The lowest BCUT2D eigenvalue weighted by molar-refractivity contribution is -0.384. The van der Waals surface area contributed by atoms with Gasteiger partial charge >= 0.3 is 0 Å². The summed E-state index contributed by atoms with van der Waals surface area (Å²) in [4.78, 5) is 29.6. The van der Waals surface area contributed by atoms with Crippen LogP contribution in [-0.2, 0) is 5.75 Å². The Balaban J connectivity index is 0.00000160. The zero-order chi connectivity index (χ0) is 33.8. The van der Waals surface area contributed by atoms with Crippen molar-refractivity contribution in [1.29, 1.82) is 0 Å². The molecule has 4 aromatic rings. The molecule has 0 bridgehead atoms. The van der Waals surface area contributed by atoms with Crippen LogP contribution in [0, 0.1) is 17.0 Å². The average Bonchev–Trinajstić information content (AvgIpc) is 3.48. The number of aromatic nitrogens is 4. The Morgan fingerprint density at radius 2 is 1.74 bits per heavy atom. The molecule has 1 aliphatic rings. The van der Waals surface area contributed by atoms with Gasteiger partial charge in [-0.15, -0.1) is 11.8 Å². The molecule has 0 saturated carbocycles. The number of aryl methyl sites for hydroxylation is 1. The number of nitro groups is 1. The second-order valence-corrected chi connectivity index (χ2v) is 13.3. The number of ether oxygens (including phenoxy) is 1. The SMILES string of the molecule is CNC.COc1c(Nc2cc(C)[nH]n2)nc(Sc2ccc(SCc3cccc([N+](=O)[O-])c3)cc2)nc1N1CCN(CCN(C)C)CC1. The van der Waals surface area contributed by atoms with Crippen LogP contribution in [0.15, 0.2) is 69.5 Å². The van der Waals surface area contributed by atoms with E-state index in [1.165, 1.54) is 17.8 Å². The van der Waals surface area contributed by atoms with Gasteiger partial charge in [-0.2, -0.15) is 5.10 Å². The Kier molecular flexibility index (Phi) is 13.7. The summed E-state index contributed by atoms with van der Waals surface area (Å²) in [5.41, 5.74) is 1.95. The molecule has 0 aliphatic carbocycles. The Morgan fingerprint density at radius 1 is 1.04 bits per heavy atom. The van der Waals surface area contributed by atoms with E-state index in [2.05, 4.69) is 49.6 Å². The molecule has 5 rings (SSSR count). The van der Waals surface area contributed by atoms with Gasteiger partial charge in [0.2, 0.25) is 5.75 Å². The van der Waals surface area contributed by atoms with Crippen molar-refractivity contribution in [3.8, 4) is 5.75 Å². The number of nitrogens with zero attached hydrogens (tertiary/aromatic N) is 7. The number of anilines is 3. The van der Waals surface area contributed by atoms with Gasteiger partial charge in [-0.25, -0.2) is 9.97 Å². The summed E-state index contributed by atoms with van der Waals surface area (Å²) in [7, 11) is 9.60. The molecular weight excluding hydrogens is 637 g/mol. The van der Waals surface area contributed by atoms with Crippen molar-refractivity contribution in [2.75, 3.05) is 84.8 Å². The lowest BCUT2D eigenvalue weighted by Gasteiger charge is -2.36. The van der Waals surface area contributed by atoms with E-state index < -0.39 is 0 Å². The molecule has 15 heteroatoms. The fourth-order valence-electron chi connectivity index (χ4n) is 4.72. The van der Waals surface area contributed by atoms with E-state index in [-0.39, 0.29) is 10.6 Å². The molecule has 252 valence electrons. The van der Waals surface area contributed by atoms with E-state index in [1.54, 1.807) is 31.0 Å². The molecule has 0 radical (unpaired) electrons. The molecule has 2 aromatic heterocycles. The van der Waals surface area contributed by atoms with E-state index in [1.807, 2.05) is 57.4 Å². The zero-order valence-electron chi connectivity index (χ0n) is 27.8. The summed E-state index contributed by atoms with van der Waals surface area (Å²) < 4.78 is 5.88. The quantitative estimate of drug-likeness (QED) is 0.0745. The number of non-ortho nitro benzene ring substituents is 1. The van der Waals surface area contributed by atoms with Crippen LogP contribution in [0.1, 0.15) is 11.3 Å². The van der Waals surface area contributed by atoms with Crippen molar-refractivity contribution in [1.82, 2.24) is 35.3 Å². The van der Waals surface area contributed by atoms with Gasteiger partial charge in [0.25, 0.3) is 5.69 Å². The van der Waals surface area contributed by atoms with E-state index in [4.69, 9.17) is 14.7 Å². The number of nitro benzene ring substituents is 1. The van der Waals surface area contributed by atoms with Crippen LogP contribution in [-0.4, -0.2) is 109 Å². The Hall–Kier alpha value is -3.89. The number of nitrogens with one attached hydrogen (secondary N) is 3. The zero-order valence-corrected chi connectivity index (χ0v) is 29.5. The summed E-state index contributed by atoms with van der Waals surface area (Å²) in [6.07, 6.45) is 0. The fraction of sp³-hybridized carbons (Fsp3) is 0.406. The van der Waals surface area contributed by atoms with Crippen LogP contribution in [0.4, 0.5) is 23.1 Å². The summed E-state index contributed by atoms with van der Waals surface area (Å²) in [5, 5.41) is 25.1. The van der Waals surface area contributed by atoms with Gasteiger partial charge in [0.1, 0.15) is 0 Å². The first-order valence-electron chi connectivity index (χ1n) is 15.3. The summed E-state index contributed by atoms with van der Waals surface area (Å²) in [5.74, 6) is 3.20. The summed E-state index contributed by atoms with van der Waals surface area (Å²) in [6, 6.07) is 16.9. The summed E-state index contributed by atoms with van der Waals surface area (Å²) >= 11 is 3.12. The highest BCUT2D eigenvalue weighted by Crippen LogP contribution is 2.38. The van der Waals surface area contributed by atoms with Gasteiger partial charge in [0.05, 0.1) is 12.0 Å². The molecule has 0 atom stereocenters. The Labute approximate surface area is 285 Å². The number of benzene rings is 2. The second-order valence-electron chi connectivity index (χ2n) is 11.2. The third-order valence-corrected chi connectivity index (χ3v) is 9.03. The molecule has 2 aromatic carbocycles. The van der Waals surface area contributed by atoms with E-state index in [0.717, 1.165) is 66.1 Å². The van der Waals surface area contributed by atoms with Crippen LogP contribution < -0.4 is 20.3 Å². The number of methoxy groups -OCH3 is 1. The van der Waals surface area contributed by atoms with Crippen molar-refractivity contribution >= 4 is 46.7 Å². The molecule has 13 nitrogen and oxygen atoms in total. The molecule has 1 saturated heterocycles. The molecule has 3 heterocycles. The maximum Gasteiger partial charge on any atom is 0.269 e. The topological polar surface area (TPSA) is 141 Å². The number of likely N-dealkylation sites (N-methyl/N-ethyl adjacent to an activating group) is 1. The molecule has 1 fully saturated rings. The third-order valence-electron chi connectivity index (χ3n) is 7.08. The Morgan fingerprint density at radius 3 is 2.36 bits per heavy atom. The molecular formula is C32H44N10O3S2. The van der Waals surface area contributed by atoms with Crippen molar-refractivity contribution < 1.29 is 9.66 Å². The molecule has 1 aliphatic heterocycles. The molecule has 47 heavy (non-hydrogen) atoms. The monoisotopic (exact) mass is 680 g/mol. The van der Waals surface area contributed by atoms with Crippen molar-refractivity contribution in [2.24, 2.45) is 0 Å².